The van der Waals surface area contributed by atoms with E-state index in [1.54, 1.807) is 24.4 Å². The van der Waals surface area contributed by atoms with Gasteiger partial charge in [-0.3, -0.25) is 14.6 Å². The van der Waals surface area contributed by atoms with Crippen molar-refractivity contribution >= 4 is 11.8 Å². The van der Waals surface area contributed by atoms with Crippen LogP contribution in [0, 0.1) is 0 Å². The van der Waals surface area contributed by atoms with E-state index in [4.69, 9.17) is 4.74 Å². The lowest BCUT2D eigenvalue weighted by molar-refractivity contribution is -0.141. The van der Waals surface area contributed by atoms with Crippen LogP contribution in [0.15, 0.2) is 24.4 Å². The Morgan fingerprint density at radius 2 is 2.04 bits per heavy atom. The Morgan fingerprint density at radius 3 is 2.73 bits per heavy atom. The number of ether oxygens (including phenoxy) is 1. The molecule has 0 radical (unpaired) electrons. The normalized spacial score (nSPS) is 26.3. The number of piperidine rings is 1. The van der Waals surface area contributed by atoms with Gasteiger partial charge in [-0.2, -0.15) is 0 Å². The third-order valence-electron chi connectivity index (χ3n) is 5.12. The third kappa shape index (κ3) is 4.80. The van der Waals surface area contributed by atoms with E-state index >= 15 is 0 Å². The van der Waals surface area contributed by atoms with Crippen molar-refractivity contribution in [1.29, 1.82) is 0 Å². The second kappa shape index (κ2) is 9.09. The van der Waals surface area contributed by atoms with Gasteiger partial charge >= 0.3 is 0 Å². The summed E-state index contributed by atoms with van der Waals surface area (Å²) < 4.78 is 5.91. The number of nitrogens with zero attached hydrogens (tertiary/aromatic N) is 2. The van der Waals surface area contributed by atoms with Crippen molar-refractivity contribution in [3.63, 3.8) is 0 Å². The van der Waals surface area contributed by atoms with Gasteiger partial charge in [-0.25, -0.2) is 0 Å². The molecule has 3 rings (SSSR count). The van der Waals surface area contributed by atoms with E-state index in [2.05, 4.69) is 10.3 Å². The first-order valence-electron chi connectivity index (χ1n) is 9.43. The van der Waals surface area contributed by atoms with Gasteiger partial charge in [0, 0.05) is 19.3 Å². The first kappa shape index (κ1) is 18.8. The highest BCUT2D eigenvalue weighted by atomic mass is 16.5. The summed E-state index contributed by atoms with van der Waals surface area (Å²) in [5, 5.41) is 12.5. The average molecular weight is 361 g/mol. The molecule has 2 fully saturated rings. The number of amides is 2. The Labute approximate surface area is 153 Å². The van der Waals surface area contributed by atoms with Crippen LogP contribution < -0.4 is 5.32 Å². The monoisotopic (exact) mass is 361 g/mol. The van der Waals surface area contributed by atoms with E-state index in [-0.39, 0.29) is 30.6 Å². The number of aromatic nitrogens is 1. The Balaban J connectivity index is 1.51. The van der Waals surface area contributed by atoms with Crippen LogP contribution in [0.25, 0.3) is 0 Å². The van der Waals surface area contributed by atoms with Gasteiger partial charge in [0.25, 0.3) is 5.91 Å². The number of likely N-dealkylation sites (tertiary alicyclic amines) is 1. The van der Waals surface area contributed by atoms with Crippen LogP contribution >= 0.6 is 0 Å². The Morgan fingerprint density at radius 1 is 1.23 bits per heavy atom. The quantitative estimate of drug-likeness (QED) is 0.820. The van der Waals surface area contributed by atoms with E-state index in [1.807, 2.05) is 4.90 Å². The minimum absolute atomic E-state index is 0.127. The lowest BCUT2D eigenvalue weighted by Crippen LogP contribution is -2.51. The van der Waals surface area contributed by atoms with Crippen LogP contribution in [0.3, 0.4) is 0 Å². The van der Waals surface area contributed by atoms with E-state index in [1.165, 1.54) is 6.42 Å². The number of rotatable bonds is 5. The van der Waals surface area contributed by atoms with Crippen LogP contribution in [0.4, 0.5) is 0 Å². The maximum atomic E-state index is 12.4. The van der Waals surface area contributed by atoms with Gasteiger partial charge < -0.3 is 20.1 Å². The Hall–Kier alpha value is -1.99. The molecule has 0 aromatic carbocycles. The zero-order valence-electron chi connectivity index (χ0n) is 15.0. The van der Waals surface area contributed by atoms with Crippen LogP contribution in [-0.4, -0.2) is 64.8 Å². The number of aliphatic hydroxyl groups excluding tert-OH is 1. The lowest BCUT2D eigenvalue weighted by Gasteiger charge is -2.37. The van der Waals surface area contributed by atoms with Crippen molar-refractivity contribution in [1.82, 2.24) is 15.2 Å². The maximum absolute atomic E-state index is 12.4. The molecule has 2 aliphatic rings. The molecular weight excluding hydrogens is 334 g/mol. The molecule has 26 heavy (non-hydrogen) atoms. The highest BCUT2D eigenvalue weighted by Crippen LogP contribution is 2.23. The molecule has 142 valence electrons. The highest BCUT2D eigenvalue weighted by molar-refractivity contribution is 5.92. The fourth-order valence-electron chi connectivity index (χ4n) is 3.65. The molecule has 0 unspecified atom stereocenters. The topological polar surface area (TPSA) is 91.8 Å². The predicted octanol–water partition coefficient (Wildman–Crippen LogP) is 1.12. The molecule has 0 bridgehead atoms. The van der Waals surface area contributed by atoms with Crippen molar-refractivity contribution < 1.29 is 19.4 Å². The van der Waals surface area contributed by atoms with Gasteiger partial charge in [-0.1, -0.05) is 6.07 Å². The first-order valence-corrected chi connectivity index (χ1v) is 9.43. The van der Waals surface area contributed by atoms with E-state index in [9.17, 15) is 14.7 Å². The summed E-state index contributed by atoms with van der Waals surface area (Å²) in [6.07, 6.45) is 5.88. The number of hydrogen-bond donors (Lipinski definition) is 2. The predicted molar refractivity (Wildman–Crippen MR) is 95.5 cm³/mol. The van der Waals surface area contributed by atoms with Gasteiger partial charge in [-0.15, -0.1) is 0 Å². The smallest absolute Gasteiger partial charge is 0.270 e. The Kier molecular flexibility index (Phi) is 6.57. The van der Waals surface area contributed by atoms with Crippen LogP contribution in [-0.2, 0) is 9.53 Å². The van der Waals surface area contributed by atoms with Crippen molar-refractivity contribution in [2.24, 2.45) is 0 Å². The largest absolute Gasteiger partial charge is 0.394 e. The zero-order chi connectivity index (χ0) is 18.4. The molecule has 7 heteroatoms. The molecule has 2 saturated heterocycles. The summed E-state index contributed by atoms with van der Waals surface area (Å²) in [7, 11) is 0. The molecule has 3 atom stereocenters. The number of nitrogens with one attached hydrogen (secondary N) is 1. The summed E-state index contributed by atoms with van der Waals surface area (Å²) in [4.78, 5) is 30.6. The number of carbonyl (C=O) groups excluding carboxylic acids is 2. The number of carbonyl (C=O) groups is 2. The van der Waals surface area contributed by atoms with Crippen LogP contribution in [0.5, 0.6) is 0 Å². The minimum atomic E-state index is -0.504. The molecule has 7 nitrogen and oxygen atoms in total. The van der Waals surface area contributed by atoms with Gasteiger partial charge in [-0.05, 0) is 44.2 Å². The number of pyridine rings is 1. The van der Waals surface area contributed by atoms with Crippen molar-refractivity contribution in [2.45, 2.75) is 56.8 Å². The minimum Gasteiger partial charge on any atom is -0.394 e. The fourth-order valence-corrected chi connectivity index (χ4v) is 3.65. The number of aliphatic hydroxyl groups is 1. The molecule has 3 heterocycles. The van der Waals surface area contributed by atoms with Gasteiger partial charge in [0.05, 0.1) is 25.2 Å². The standard InChI is InChI=1S/C19H27N3O4/c23-13-17-15(21-19(25)16-6-2-3-9-20-16)8-7-14(26-17)12-18(24)22-10-4-1-5-11-22/h2-3,6,9,14-15,17,23H,1,4-5,7-8,10-13H2,(H,21,25)/t14-,15+,17+/m1/s1. The molecule has 0 saturated carbocycles. The summed E-state index contributed by atoms with van der Waals surface area (Å²) in [5.74, 6) is -0.150. The van der Waals surface area contributed by atoms with E-state index in [0.717, 1.165) is 25.9 Å². The molecule has 2 aliphatic heterocycles. The van der Waals surface area contributed by atoms with Crippen LogP contribution in [0.1, 0.15) is 49.0 Å². The number of hydrogen-bond acceptors (Lipinski definition) is 5. The fraction of sp³-hybridized carbons (Fsp3) is 0.632. The molecule has 2 amide bonds. The van der Waals surface area contributed by atoms with Gasteiger partial charge in [0.15, 0.2) is 0 Å². The molecule has 2 N–H and O–H groups in total. The lowest BCUT2D eigenvalue weighted by atomic mass is 9.96. The highest BCUT2D eigenvalue weighted by Gasteiger charge is 2.34. The summed E-state index contributed by atoms with van der Waals surface area (Å²) >= 11 is 0. The SMILES string of the molecule is O=C(N[C@H]1CC[C@H](CC(=O)N2CCCCC2)O[C@H]1CO)c1ccccn1. The molecule has 1 aromatic heterocycles. The third-order valence-corrected chi connectivity index (χ3v) is 5.12. The maximum Gasteiger partial charge on any atom is 0.270 e. The van der Waals surface area contributed by atoms with E-state index < -0.39 is 6.10 Å². The summed E-state index contributed by atoms with van der Waals surface area (Å²) in [6, 6.07) is 4.87. The van der Waals surface area contributed by atoms with Crippen LogP contribution in [0.2, 0.25) is 0 Å². The first-order chi connectivity index (χ1) is 12.7. The molecule has 1 aromatic rings. The summed E-state index contributed by atoms with van der Waals surface area (Å²) in [5.41, 5.74) is 0.339. The van der Waals surface area contributed by atoms with Crippen molar-refractivity contribution in [3.8, 4) is 0 Å². The van der Waals surface area contributed by atoms with Crippen molar-refractivity contribution in [3.05, 3.63) is 30.1 Å². The Bertz CT molecular complexity index is 604. The second-order valence-corrected chi connectivity index (χ2v) is 7.00. The zero-order valence-corrected chi connectivity index (χ0v) is 15.0. The molecule has 0 spiro atoms. The molecular formula is C19H27N3O4. The van der Waals surface area contributed by atoms with Gasteiger partial charge in [0.1, 0.15) is 11.8 Å². The summed E-state index contributed by atoms with van der Waals surface area (Å²) in [6.45, 7) is 1.47. The second-order valence-electron chi connectivity index (χ2n) is 7.00. The average Bonchev–Trinajstić information content (AvgIpc) is 2.70. The van der Waals surface area contributed by atoms with E-state index in [0.29, 0.717) is 25.0 Å². The van der Waals surface area contributed by atoms with Gasteiger partial charge in [0.2, 0.25) is 5.91 Å². The van der Waals surface area contributed by atoms with Crippen molar-refractivity contribution in [2.75, 3.05) is 19.7 Å². The molecule has 0 aliphatic carbocycles.